The van der Waals surface area contributed by atoms with Crippen LogP contribution in [0.4, 0.5) is 18.9 Å². The van der Waals surface area contributed by atoms with Gasteiger partial charge >= 0.3 is 12.6 Å². The Hall–Kier alpha value is -1.97. The molecule has 0 heterocycles. The van der Waals surface area contributed by atoms with Gasteiger partial charge in [0.25, 0.3) is 0 Å². The van der Waals surface area contributed by atoms with Crippen molar-refractivity contribution in [1.82, 2.24) is 0 Å². The zero-order valence-corrected chi connectivity index (χ0v) is 11.4. The summed E-state index contributed by atoms with van der Waals surface area (Å²) in [5.74, 6) is -3.46. The van der Waals surface area contributed by atoms with Crippen molar-refractivity contribution < 1.29 is 36.2 Å². The molecule has 118 valence electrons. The van der Waals surface area contributed by atoms with E-state index in [-0.39, 0.29) is 18.5 Å². The molecule has 21 heavy (non-hydrogen) atoms. The molecule has 0 radical (unpaired) electrons. The Labute approximate surface area is 118 Å². The van der Waals surface area contributed by atoms with E-state index in [1.54, 1.807) is 0 Å². The number of carboxylic acid groups (broad SMARTS) is 1. The van der Waals surface area contributed by atoms with Crippen molar-refractivity contribution >= 4 is 21.7 Å². The van der Waals surface area contributed by atoms with Crippen LogP contribution in [0.25, 0.3) is 0 Å². The van der Waals surface area contributed by atoms with Gasteiger partial charge in [0.05, 0.1) is 11.4 Å². The van der Waals surface area contributed by atoms with E-state index < -0.39 is 39.9 Å². The van der Waals surface area contributed by atoms with Gasteiger partial charge in [0, 0.05) is 12.5 Å². The molecule has 0 aliphatic carbocycles. The van der Waals surface area contributed by atoms with Crippen LogP contribution in [0.5, 0.6) is 5.75 Å². The van der Waals surface area contributed by atoms with Crippen molar-refractivity contribution in [1.29, 1.82) is 0 Å². The fourth-order valence-corrected chi connectivity index (χ4v) is 2.51. The van der Waals surface area contributed by atoms with Crippen LogP contribution in [-0.2, 0) is 14.8 Å². The lowest BCUT2D eigenvalue weighted by molar-refractivity contribution is -0.137. The van der Waals surface area contributed by atoms with E-state index in [9.17, 15) is 26.4 Å². The first-order chi connectivity index (χ1) is 9.69. The second-order valence-electron chi connectivity index (χ2n) is 3.94. The van der Waals surface area contributed by atoms with Crippen molar-refractivity contribution in [3.05, 3.63) is 24.0 Å². The highest BCUT2D eigenvalue weighted by Gasteiger charge is 2.14. The van der Waals surface area contributed by atoms with Gasteiger partial charge in [-0.3, -0.25) is 9.52 Å². The van der Waals surface area contributed by atoms with E-state index in [4.69, 9.17) is 5.11 Å². The van der Waals surface area contributed by atoms with Crippen LogP contribution >= 0.6 is 0 Å². The Bertz CT molecular complexity index is 606. The maximum Gasteiger partial charge on any atom is 0.387 e. The molecule has 1 aromatic carbocycles. The molecular formula is C11H12F3NO5S. The first-order valence-electron chi connectivity index (χ1n) is 5.66. The minimum atomic E-state index is -3.85. The number of anilines is 1. The second-order valence-corrected chi connectivity index (χ2v) is 5.78. The molecule has 6 nitrogen and oxygen atoms in total. The fourth-order valence-electron chi connectivity index (χ4n) is 1.40. The van der Waals surface area contributed by atoms with Gasteiger partial charge in [-0.1, -0.05) is 0 Å². The van der Waals surface area contributed by atoms with Gasteiger partial charge in [-0.2, -0.15) is 8.78 Å². The number of alkyl halides is 2. The monoisotopic (exact) mass is 327 g/mol. The average Bonchev–Trinajstić information content (AvgIpc) is 2.31. The number of hydrogen-bond acceptors (Lipinski definition) is 4. The van der Waals surface area contributed by atoms with E-state index in [0.717, 1.165) is 12.1 Å². The Kier molecular flexibility index (Phi) is 5.82. The molecule has 0 amide bonds. The molecule has 0 fully saturated rings. The molecular weight excluding hydrogens is 315 g/mol. The van der Waals surface area contributed by atoms with E-state index >= 15 is 0 Å². The molecule has 1 rings (SSSR count). The normalized spacial score (nSPS) is 11.4. The van der Waals surface area contributed by atoms with Crippen molar-refractivity contribution in [3.8, 4) is 5.75 Å². The van der Waals surface area contributed by atoms with Crippen LogP contribution in [0.1, 0.15) is 12.8 Å². The zero-order valence-electron chi connectivity index (χ0n) is 10.6. The standard InChI is InChI=1S/C11H12F3NO5S/c12-8-6-7(3-4-9(8)20-11(13)14)15-21(18,19)5-1-2-10(16)17/h3-4,6,11,15H,1-2,5H2,(H,16,17). The molecule has 0 atom stereocenters. The number of carbonyl (C=O) groups is 1. The number of carboxylic acids is 1. The summed E-state index contributed by atoms with van der Waals surface area (Å²) in [5, 5.41) is 8.40. The van der Waals surface area contributed by atoms with Crippen LogP contribution in [-0.4, -0.2) is 31.9 Å². The third-order valence-corrected chi connectivity index (χ3v) is 3.60. The van der Waals surface area contributed by atoms with Gasteiger partial charge in [-0.15, -0.1) is 0 Å². The second kappa shape index (κ2) is 7.16. The summed E-state index contributed by atoms with van der Waals surface area (Å²) in [6.45, 7) is -3.20. The Morgan fingerprint density at radius 3 is 2.57 bits per heavy atom. The Morgan fingerprint density at radius 1 is 1.38 bits per heavy atom. The number of benzene rings is 1. The lowest BCUT2D eigenvalue weighted by atomic mass is 10.3. The van der Waals surface area contributed by atoms with Crippen molar-refractivity contribution in [2.75, 3.05) is 10.5 Å². The Morgan fingerprint density at radius 2 is 2.05 bits per heavy atom. The highest BCUT2D eigenvalue weighted by atomic mass is 32.2. The van der Waals surface area contributed by atoms with Crippen molar-refractivity contribution in [2.24, 2.45) is 0 Å². The van der Waals surface area contributed by atoms with Gasteiger partial charge in [0.15, 0.2) is 11.6 Å². The van der Waals surface area contributed by atoms with Gasteiger partial charge in [-0.05, 0) is 18.6 Å². The third kappa shape index (κ3) is 6.34. The lowest BCUT2D eigenvalue weighted by Gasteiger charge is -2.10. The maximum atomic E-state index is 13.4. The third-order valence-electron chi connectivity index (χ3n) is 2.22. The molecule has 1 aromatic rings. The molecule has 0 unspecified atom stereocenters. The van der Waals surface area contributed by atoms with Gasteiger partial charge in [-0.25, -0.2) is 12.8 Å². The van der Waals surface area contributed by atoms with Crippen LogP contribution in [0.15, 0.2) is 18.2 Å². The summed E-state index contributed by atoms with van der Waals surface area (Å²) in [6, 6.07) is 2.60. The molecule has 0 bridgehead atoms. The summed E-state index contributed by atoms with van der Waals surface area (Å²) in [4.78, 5) is 10.3. The van der Waals surface area contributed by atoms with Gasteiger partial charge in [0.2, 0.25) is 10.0 Å². The summed E-state index contributed by atoms with van der Waals surface area (Å²) in [7, 11) is -3.85. The summed E-state index contributed by atoms with van der Waals surface area (Å²) in [5.41, 5.74) is -0.176. The molecule has 0 aromatic heterocycles. The topological polar surface area (TPSA) is 92.7 Å². The van der Waals surface area contributed by atoms with E-state index in [1.165, 1.54) is 0 Å². The number of aliphatic carboxylic acids is 1. The first-order valence-corrected chi connectivity index (χ1v) is 7.31. The number of hydrogen-bond donors (Lipinski definition) is 2. The number of ether oxygens (including phenoxy) is 1. The lowest BCUT2D eigenvalue weighted by Crippen LogP contribution is -2.17. The number of sulfonamides is 1. The average molecular weight is 327 g/mol. The molecule has 0 aliphatic heterocycles. The number of rotatable bonds is 8. The quantitative estimate of drug-likeness (QED) is 0.762. The molecule has 0 saturated heterocycles. The van der Waals surface area contributed by atoms with E-state index in [1.807, 2.05) is 4.72 Å². The van der Waals surface area contributed by atoms with Gasteiger partial charge in [0.1, 0.15) is 0 Å². The minimum absolute atomic E-state index is 0.111. The summed E-state index contributed by atoms with van der Waals surface area (Å²) >= 11 is 0. The zero-order chi connectivity index (χ0) is 16.0. The Balaban J connectivity index is 2.70. The number of halogens is 3. The maximum absolute atomic E-state index is 13.4. The number of nitrogens with one attached hydrogen (secondary N) is 1. The summed E-state index contributed by atoms with van der Waals surface area (Å²) < 4.78 is 66.3. The van der Waals surface area contributed by atoms with Crippen LogP contribution in [0.3, 0.4) is 0 Å². The van der Waals surface area contributed by atoms with E-state index in [0.29, 0.717) is 6.07 Å². The molecule has 0 aliphatic rings. The molecule has 10 heteroatoms. The smallest absolute Gasteiger partial charge is 0.387 e. The van der Waals surface area contributed by atoms with Crippen molar-refractivity contribution in [3.63, 3.8) is 0 Å². The highest BCUT2D eigenvalue weighted by molar-refractivity contribution is 7.92. The van der Waals surface area contributed by atoms with Crippen LogP contribution in [0, 0.1) is 5.82 Å². The predicted octanol–water partition coefficient (Wildman–Crippen LogP) is 2.03. The first kappa shape index (κ1) is 17.1. The predicted molar refractivity (Wildman–Crippen MR) is 67.3 cm³/mol. The van der Waals surface area contributed by atoms with Gasteiger partial charge < -0.3 is 9.84 Å². The molecule has 0 spiro atoms. The minimum Gasteiger partial charge on any atom is -0.481 e. The molecule has 2 N–H and O–H groups in total. The van der Waals surface area contributed by atoms with Crippen LogP contribution < -0.4 is 9.46 Å². The van der Waals surface area contributed by atoms with Crippen molar-refractivity contribution in [2.45, 2.75) is 19.5 Å². The fraction of sp³-hybridized carbons (Fsp3) is 0.364. The highest BCUT2D eigenvalue weighted by Crippen LogP contribution is 2.23. The van der Waals surface area contributed by atoms with Crippen LogP contribution in [0.2, 0.25) is 0 Å². The molecule has 0 saturated carbocycles. The SMILES string of the molecule is O=C(O)CCCS(=O)(=O)Nc1ccc(OC(F)F)c(F)c1. The summed E-state index contributed by atoms with van der Waals surface area (Å²) in [6.07, 6.45) is -0.434. The largest absolute Gasteiger partial charge is 0.481 e. The van der Waals surface area contributed by atoms with E-state index in [2.05, 4.69) is 4.74 Å².